The van der Waals surface area contributed by atoms with Gasteiger partial charge in [0.05, 0.1) is 16.3 Å². The van der Waals surface area contributed by atoms with Crippen LogP contribution in [-0.2, 0) is 9.53 Å². The zero-order valence-corrected chi connectivity index (χ0v) is 14.2. The molecule has 0 bridgehead atoms. The van der Waals surface area contributed by atoms with Gasteiger partial charge in [0, 0.05) is 10.6 Å². The molecule has 0 aromatic heterocycles. The second-order valence-electron chi connectivity index (χ2n) is 5.17. The average molecular weight is 380 g/mol. The van der Waals surface area contributed by atoms with Crippen molar-refractivity contribution in [3.05, 3.63) is 57.6 Å². The number of esters is 1. The largest absolute Gasteiger partial charge is 0.482 e. The summed E-state index contributed by atoms with van der Waals surface area (Å²) < 4.78 is 10.2. The molecule has 0 spiro atoms. The number of rotatable bonds is 4. The van der Waals surface area contributed by atoms with E-state index in [9.17, 15) is 14.4 Å². The molecule has 0 radical (unpaired) electrons. The second kappa shape index (κ2) is 7.13. The molecule has 1 aliphatic rings. The summed E-state index contributed by atoms with van der Waals surface area (Å²) in [5.41, 5.74) is 0.790. The third-order valence-corrected chi connectivity index (χ3v) is 3.97. The van der Waals surface area contributed by atoms with Crippen molar-refractivity contribution in [1.82, 2.24) is 0 Å². The summed E-state index contributed by atoms with van der Waals surface area (Å²) in [6.45, 7) is -0.537. The molecule has 8 heteroatoms. The Hall–Kier alpha value is -2.57. The minimum atomic E-state index is -0.732. The lowest BCUT2D eigenvalue weighted by Crippen LogP contribution is -2.25. The monoisotopic (exact) mass is 379 g/mol. The van der Waals surface area contributed by atoms with E-state index >= 15 is 0 Å². The molecule has 0 unspecified atom stereocenters. The molecule has 1 aliphatic heterocycles. The van der Waals surface area contributed by atoms with Crippen LogP contribution in [0, 0.1) is 0 Å². The van der Waals surface area contributed by atoms with Crippen LogP contribution in [0.3, 0.4) is 0 Å². The Bertz CT molecular complexity index is 881. The number of amides is 1. The maximum absolute atomic E-state index is 12.2. The van der Waals surface area contributed by atoms with Crippen molar-refractivity contribution in [2.45, 2.75) is 0 Å². The molecule has 128 valence electrons. The molecule has 0 aliphatic carbocycles. The van der Waals surface area contributed by atoms with E-state index in [0.717, 1.165) is 0 Å². The van der Waals surface area contributed by atoms with Crippen molar-refractivity contribution in [1.29, 1.82) is 0 Å². The third kappa shape index (κ3) is 3.92. The highest BCUT2D eigenvalue weighted by molar-refractivity contribution is 6.36. The van der Waals surface area contributed by atoms with Crippen molar-refractivity contribution in [2.75, 3.05) is 18.5 Å². The molecular formula is C17H11Cl2NO5. The summed E-state index contributed by atoms with van der Waals surface area (Å²) in [6.07, 6.45) is 0. The highest BCUT2D eigenvalue weighted by Gasteiger charge is 2.19. The zero-order chi connectivity index (χ0) is 18.0. The lowest BCUT2D eigenvalue weighted by atomic mass is 10.1. The zero-order valence-electron chi connectivity index (χ0n) is 12.7. The van der Waals surface area contributed by atoms with Gasteiger partial charge in [0.25, 0.3) is 5.91 Å². The number of hydrogen-bond acceptors (Lipinski definition) is 5. The summed E-state index contributed by atoms with van der Waals surface area (Å²) >= 11 is 11.7. The first-order valence-electron chi connectivity index (χ1n) is 7.16. The topological polar surface area (TPSA) is 81.7 Å². The summed E-state index contributed by atoms with van der Waals surface area (Å²) in [7, 11) is 0. The van der Waals surface area contributed by atoms with Crippen LogP contribution >= 0.6 is 23.2 Å². The SMILES string of the molecule is O=C1COc2ccc(C(=O)COC(=O)c3ccc(Cl)cc3Cl)cc2N1. The predicted octanol–water partition coefficient (Wildman–Crippen LogP) is 3.36. The fourth-order valence-electron chi connectivity index (χ4n) is 2.20. The van der Waals surface area contributed by atoms with Gasteiger partial charge in [-0.1, -0.05) is 23.2 Å². The number of hydrogen-bond donors (Lipinski definition) is 1. The van der Waals surface area contributed by atoms with E-state index in [2.05, 4.69) is 5.32 Å². The molecule has 1 N–H and O–H groups in total. The molecule has 1 amide bonds. The number of fused-ring (bicyclic) bond motifs is 1. The van der Waals surface area contributed by atoms with Crippen molar-refractivity contribution in [3.63, 3.8) is 0 Å². The van der Waals surface area contributed by atoms with Gasteiger partial charge < -0.3 is 14.8 Å². The quantitative estimate of drug-likeness (QED) is 0.650. The van der Waals surface area contributed by atoms with Crippen LogP contribution in [0.5, 0.6) is 5.75 Å². The van der Waals surface area contributed by atoms with Crippen LogP contribution in [-0.4, -0.2) is 30.9 Å². The first-order chi connectivity index (χ1) is 11.9. The van der Waals surface area contributed by atoms with E-state index in [1.54, 1.807) is 6.07 Å². The maximum Gasteiger partial charge on any atom is 0.340 e. The van der Waals surface area contributed by atoms with Crippen LogP contribution < -0.4 is 10.1 Å². The van der Waals surface area contributed by atoms with Gasteiger partial charge in [-0.3, -0.25) is 9.59 Å². The molecule has 0 saturated heterocycles. The van der Waals surface area contributed by atoms with Gasteiger partial charge >= 0.3 is 5.97 Å². The summed E-state index contributed by atoms with van der Waals surface area (Å²) in [6, 6.07) is 8.90. The van der Waals surface area contributed by atoms with E-state index in [1.165, 1.54) is 30.3 Å². The fraction of sp³-hybridized carbons (Fsp3) is 0.118. The minimum Gasteiger partial charge on any atom is -0.482 e. The average Bonchev–Trinajstić information content (AvgIpc) is 2.58. The summed E-state index contributed by atoms with van der Waals surface area (Å²) in [5.74, 6) is -0.993. The molecule has 0 fully saturated rings. The predicted molar refractivity (Wildman–Crippen MR) is 91.6 cm³/mol. The first-order valence-corrected chi connectivity index (χ1v) is 7.92. The maximum atomic E-state index is 12.2. The Morgan fingerprint density at radius 1 is 1.16 bits per heavy atom. The molecule has 0 atom stereocenters. The van der Waals surface area contributed by atoms with E-state index < -0.39 is 18.4 Å². The van der Waals surface area contributed by atoms with Gasteiger partial charge in [-0.2, -0.15) is 0 Å². The number of carbonyl (C=O) groups is 3. The van der Waals surface area contributed by atoms with Crippen LogP contribution in [0.1, 0.15) is 20.7 Å². The number of nitrogens with one attached hydrogen (secondary N) is 1. The smallest absolute Gasteiger partial charge is 0.340 e. The number of halogens is 2. The van der Waals surface area contributed by atoms with E-state index in [0.29, 0.717) is 16.5 Å². The van der Waals surface area contributed by atoms with Gasteiger partial charge in [-0.15, -0.1) is 0 Å². The fourth-order valence-corrected chi connectivity index (χ4v) is 2.69. The highest BCUT2D eigenvalue weighted by Crippen LogP contribution is 2.28. The lowest BCUT2D eigenvalue weighted by molar-refractivity contribution is -0.118. The van der Waals surface area contributed by atoms with Gasteiger partial charge in [-0.05, 0) is 36.4 Å². The molecule has 0 saturated carbocycles. The van der Waals surface area contributed by atoms with Gasteiger partial charge in [0.15, 0.2) is 19.0 Å². The lowest BCUT2D eigenvalue weighted by Gasteiger charge is -2.18. The van der Waals surface area contributed by atoms with Crippen LogP contribution in [0.2, 0.25) is 10.0 Å². The number of anilines is 1. The molecule has 25 heavy (non-hydrogen) atoms. The Kier molecular flexibility index (Phi) is 4.92. The third-order valence-electron chi connectivity index (χ3n) is 3.42. The number of ether oxygens (including phenoxy) is 2. The van der Waals surface area contributed by atoms with Crippen molar-refractivity contribution >= 4 is 46.5 Å². The van der Waals surface area contributed by atoms with E-state index in [-0.39, 0.29) is 28.7 Å². The summed E-state index contributed by atoms with van der Waals surface area (Å²) in [4.78, 5) is 35.5. The molecule has 2 aromatic rings. The number of benzene rings is 2. The molecule has 3 rings (SSSR count). The Labute approximate surface area is 152 Å². The van der Waals surface area contributed by atoms with E-state index in [1.807, 2.05) is 0 Å². The van der Waals surface area contributed by atoms with Gasteiger partial charge in [-0.25, -0.2) is 4.79 Å². The number of Topliss-reactive ketones (excluding diaryl/α,β-unsaturated/α-hetero) is 1. The molecule has 2 aromatic carbocycles. The van der Waals surface area contributed by atoms with Gasteiger partial charge in [0.2, 0.25) is 0 Å². The van der Waals surface area contributed by atoms with Crippen molar-refractivity contribution in [3.8, 4) is 5.75 Å². The van der Waals surface area contributed by atoms with Crippen LogP contribution in [0.15, 0.2) is 36.4 Å². The highest BCUT2D eigenvalue weighted by atomic mass is 35.5. The van der Waals surface area contributed by atoms with Crippen molar-refractivity contribution in [2.24, 2.45) is 0 Å². The Morgan fingerprint density at radius 2 is 1.96 bits per heavy atom. The summed E-state index contributed by atoms with van der Waals surface area (Å²) in [5, 5.41) is 3.13. The normalized spacial score (nSPS) is 12.6. The number of ketones is 1. The van der Waals surface area contributed by atoms with Gasteiger partial charge in [0.1, 0.15) is 5.75 Å². The van der Waals surface area contributed by atoms with Crippen molar-refractivity contribution < 1.29 is 23.9 Å². The molecular weight excluding hydrogens is 369 g/mol. The molecule has 1 heterocycles. The first kappa shape index (κ1) is 17.3. The molecule has 6 nitrogen and oxygen atoms in total. The second-order valence-corrected chi connectivity index (χ2v) is 6.01. The Morgan fingerprint density at radius 3 is 2.72 bits per heavy atom. The Balaban J connectivity index is 1.67. The number of carbonyl (C=O) groups excluding carboxylic acids is 3. The van der Waals surface area contributed by atoms with Crippen LogP contribution in [0.25, 0.3) is 0 Å². The van der Waals surface area contributed by atoms with E-state index in [4.69, 9.17) is 32.7 Å². The van der Waals surface area contributed by atoms with Crippen LogP contribution in [0.4, 0.5) is 5.69 Å². The minimum absolute atomic E-state index is 0.0697. The standard InChI is InChI=1S/C17H11Cl2NO5/c18-10-2-3-11(12(19)6-10)17(23)25-7-14(21)9-1-4-15-13(5-9)20-16(22)8-24-15/h1-6H,7-8H2,(H,20,22).